The molecule has 0 saturated heterocycles. The maximum atomic E-state index is 3.40. The number of hydrogen-bond donors (Lipinski definition) is 0. The molecule has 0 N–H and O–H groups in total. The van der Waals surface area contributed by atoms with Crippen molar-refractivity contribution in [2.24, 2.45) is 10.8 Å². The first-order valence-corrected chi connectivity index (χ1v) is 9.01. The van der Waals surface area contributed by atoms with Crippen molar-refractivity contribution in [1.82, 2.24) is 0 Å². The molecule has 0 bridgehead atoms. The van der Waals surface area contributed by atoms with Crippen LogP contribution >= 0.6 is 0 Å². The van der Waals surface area contributed by atoms with E-state index < -0.39 is 0 Å². The maximum Gasteiger partial charge on any atom is 4.00 e. The van der Waals surface area contributed by atoms with E-state index in [1.54, 1.807) is 0 Å². The molecule has 0 nitrogen and oxygen atoms in total. The second-order valence-electron chi connectivity index (χ2n) is 6.93. The van der Waals surface area contributed by atoms with Gasteiger partial charge in [-0.2, -0.15) is 12.2 Å². The summed E-state index contributed by atoms with van der Waals surface area (Å²) < 4.78 is 0. The van der Waals surface area contributed by atoms with Crippen molar-refractivity contribution in [3.63, 3.8) is 0 Å². The molecule has 0 fully saturated rings. The van der Waals surface area contributed by atoms with Crippen LogP contribution in [0.1, 0.15) is 80.1 Å². The Hall–Kier alpha value is 0.423. The van der Waals surface area contributed by atoms with Crippen molar-refractivity contribution in [2.75, 3.05) is 0 Å². The van der Waals surface area contributed by atoms with Crippen LogP contribution < -0.4 is 24.8 Å². The normalized spacial score (nSPS) is 15.1. The van der Waals surface area contributed by atoms with Crippen LogP contribution in [0.2, 0.25) is 0 Å². The Kier molecular flexibility index (Phi) is 17.5. The topological polar surface area (TPSA) is 0 Å². The van der Waals surface area contributed by atoms with E-state index in [4.69, 9.17) is 0 Å². The van der Waals surface area contributed by atoms with E-state index in [9.17, 15) is 0 Å². The third-order valence-corrected chi connectivity index (χ3v) is 5.81. The average Bonchev–Trinajstić information content (AvgIpc) is 3.27. The van der Waals surface area contributed by atoms with Gasteiger partial charge in [0.05, 0.1) is 0 Å². The number of hydrogen-bond acceptors (Lipinski definition) is 0. The van der Waals surface area contributed by atoms with Crippen molar-refractivity contribution >= 4 is 0 Å². The minimum atomic E-state index is 0. The summed E-state index contributed by atoms with van der Waals surface area (Å²) >= 11 is 0. The molecule has 2 rings (SSSR count). The Morgan fingerprint density at radius 3 is 1.16 bits per heavy atom. The van der Waals surface area contributed by atoms with E-state index in [2.05, 4.69) is 78.0 Å². The fourth-order valence-electron chi connectivity index (χ4n) is 2.90. The van der Waals surface area contributed by atoms with Crippen LogP contribution in [0.15, 0.2) is 35.5 Å². The van der Waals surface area contributed by atoms with Gasteiger partial charge in [0.2, 0.25) is 0 Å². The summed E-state index contributed by atoms with van der Waals surface area (Å²) in [6.07, 6.45) is 22.6. The number of rotatable bonds is 6. The summed E-state index contributed by atoms with van der Waals surface area (Å²) in [5, 5.41) is 0. The molecule has 3 heteroatoms. The summed E-state index contributed by atoms with van der Waals surface area (Å²) in [6.45, 7) is 13.7. The largest absolute Gasteiger partial charge is 4.00 e. The monoisotopic (exact) mass is 458 g/mol. The molecule has 0 radical (unpaired) electrons. The molecule has 25 heavy (non-hydrogen) atoms. The molecule has 0 aliphatic heterocycles. The molecular formula is C22H34Cl2Zr. The van der Waals surface area contributed by atoms with Gasteiger partial charge in [0.1, 0.15) is 0 Å². The smallest absolute Gasteiger partial charge is 1.00 e. The molecule has 0 atom stereocenters. The van der Waals surface area contributed by atoms with Gasteiger partial charge >= 0.3 is 26.2 Å². The molecular weight excluding hydrogens is 426 g/mol. The van der Waals surface area contributed by atoms with Crippen LogP contribution in [0, 0.1) is 23.0 Å². The SMILES string of the molecule is CCC(C)(CC)C1=[C-]CC=C1.CCC(C)(CC)C1=[C-]CC=C1.[Cl-].[Cl-].[Zr+4]. The average molecular weight is 461 g/mol. The van der Waals surface area contributed by atoms with Gasteiger partial charge in [0.15, 0.2) is 0 Å². The second kappa shape index (κ2) is 14.5. The molecule has 0 unspecified atom stereocenters. The molecule has 0 amide bonds. The molecule has 0 heterocycles. The molecule has 0 aromatic heterocycles. The third-order valence-electron chi connectivity index (χ3n) is 5.81. The first-order valence-electron chi connectivity index (χ1n) is 9.01. The van der Waals surface area contributed by atoms with Crippen molar-refractivity contribution in [1.29, 1.82) is 0 Å². The van der Waals surface area contributed by atoms with Crippen LogP contribution in [0.3, 0.4) is 0 Å². The van der Waals surface area contributed by atoms with Gasteiger partial charge in [-0.3, -0.25) is 12.2 Å². The van der Waals surface area contributed by atoms with Crippen molar-refractivity contribution in [3.8, 4) is 0 Å². The zero-order chi connectivity index (χ0) is 16.6. The Labute approximate surface area is 188 Å². The van der Waals surface area contributed by atoms with Gasteiger partial charge in [0.25, 0.3) is 0 Å². The Morgan fingerprint density at radius 1 is 0.720 bits per heavy atom. The van der Waals surface area contributed by atoms with Crippen molar-refractivity contribution in [3.05, 3.63) is 47.6 Å². The zero-order valence-electron chi connectivity index (χ0n) is 16.8. The van der Waals surface area contributed by atoms with Gasteiger partial charge in [-0.05, 0) is 36.5 Å². The summed E-state index contributed by atoms with van der Waals surface area (Å²) in [6, 6.07) is 0. The number of halogens is 2. The minimum Gasteiger partial charge on any atom is -1.00 e. The summed E-state index contributed by atoms with van der Waals surface area (Å²) in [5.41, 5.74) is 3.60. The Morgan fingerprint density at radius 2 is 1.00 bits per heavy atom. The Balaban J connectivity index is -0.000000346. The predicted octanol–water partition coefficient (Wildman–Crippen LogP) is 1.01. The van der Waals surface area contributed by atoms with Gasteiger partial charge in [-0.25, -0.2) is 23.3 Å². The summed E-state index contributed by atoms with van der Waals surface area (Å²) in [7, 11) is 0. The molecule has 140 valence electrons. The van der Waals surface area contributed by atoms with E-state index in [1.807, 2.05) is 0 Å². The number of allylic oxidation sites excluding steroid dienone is 8. The van der Waals surface area contributed by atoms with E-state index in [0.29, 0.717) is 10.8 Å². The van der Waals surface area contributed by atoms with Crippen molar-refractivity contribution < 1.29 is 51.0 Å². The van der Waals surface area contributed by atoms with Gasteiger partial charge in [-0.15, -0.1) is 12.8 Å². The first-order chi connectivity index (χ1) is 10.5. The molecule has 2 aliphatic carbocycles. The van der Waals surface area contributed by atoms with E-state index in [1.165, 1.54) is 36.8 Å². The minimum absolute atomic E-state index is 0. The van der Waals surface area contributed by atoms with E-state index in [-0.39, 0.29) is 51.0 Å². The molecule has 0 aromatic carbocycles. The van der Waals surface area contributed by atoms with Crippen LogP contribution in [0.4, 0.5) is 0 Å². The fraction of sp³-hybridized carbons (Fsp3) is 0.636. The standard InChI is InChI=1S/2C11H17.2ClH.Zr/c2*1-4-11(3,5-2)10-8-6-7-9-10;;;/h2*6,8H,4-5,7H2,1-3H3;2*1H;/q2*-1;;;+4/p-2. The predicted molar refractivity (Wildman–Crippen MR) is 98.4 cm³/mol. The quantitative estimate of drug-likeness (QED) is 0.519. The fourth-order valence-corrected chi connectivity index (χ4v) is 2.90. The van der Waals surface area contributed by atoms with Crippen molar-refractivity contribution in [2.45, 2.75) is 80.1 Å². The van der Waals surface area contributed by atoms with Crippen LogP contribution in [0.5, 0.6) is 0 Å². The molecule has 0 aromatic rings. The summed E-state index contributed by atoms with van der Waals surface area (Å²) in [4.78, 5) is 0. The maximum absolute atomic E-state index is 3.40. The zero-order valence-corrected chi connectivity index (χ0v) is 20.8. The third kappa shape index (κ3) is 8.32. The van der Waals surface area contributed by atoms with Gasteiger partial charge in [-0.1, -0.05) is 41.5 Å². The molecule has 2 aliphatic rings. The van der Waals surface area contributed by atoms with Gasteiger partial charge < -0.3 is 24.8 Å². The van der Waals surface area contributed by atoms with Crippen LogP contribution in [-0.2, 0) is 26.2 Å². The Bertz CT molecular complexity index is 420. The van der Waals surface area contributed by atoms with Crippen LogP contribution in [0.25, 0.3) is 0 Å². The first kappa shape index (κ1) is 30.2. The van der Waals surface area contributed by atoms with Gasteiger partial charge in [0, 0.05) is 0 Å². The molecule has 0 spiro atoms. The van der Waals surface area contributed by atoms with Crippen LogP contribution in [-0.4, -0.2) is 0 Å². The second-order valence-corrected chi connectivity index (χ2v) is 6.93. The molecule has 0 saturated carbocycles. The summed E-state index contributed by atoms with van der Waals surface area (Å²) in [5.74, 6) is 0. The van der Waals surface area contributed by atoms with E-state index in [0.717, 1.165) is 12.8 Å². The van der Waals surface area contributed by atoms with E-state index >= 15 is 0 Å².